The maximum atomic E-state index is 15.2. The van der Waals surface area contributed by atoms with Crippen LogP contribution in [-0.4, -0.2) is 32.9 Å². The Morgan fingerprint density at radius 3 is 0.637 bits per heavy atom. The molecule has 102 heavy (non-hydrogen) atoms. The molecule has 0 saturated carbocycles. The molecule has 0 atom stereocenters. The van der Waals surface area contributed by atoms with Gasteiger partial charge in [0.25, 0.3) is 0 Å². The fraction of sp³-hybridized carbons (Fsp3) is 0.488. The summed E-state index contributed by atoms with van der Waals surface area (Å²) in [6.07, 6.45) is 8.83. The second-order valence-electron chi connectivity index (χ2n) is 27.0. The van der Waals surface area contributed by atoms with Gasteiger partial charge in [-0.25, -0.2) is 0 Å². The SMILES string of the molecule is FC(F)(F)CCCCCCCCCCCCCCCCCCOP(OB(Oc1cc(C(F)(F)F)cc(C(F)(F)F)c1)OP(OCCCCCCCCCCCCCCCCCCC(F)(F)F)(c1ccccc1)(c1ccccc1)c1ccccc1)(c1ccccc1)(c1ccccc1)c1ccccc1. The van der Waals surface area contributed by atoms with E-state index in [0.717, 1.165) is 167 Å². The number of benzene rings is 7. The monoisotopic (exact) mass is 1470 g/mol. The van der Waals surface area contributed by atoms with Crippen molar-refractivity contribution < 1.29 is 75.3 Å². The van der Waals surface area contributed by atoms with Crippen LogP contribution in [0.25, 0.3) is 0 Å². The van der Waals surface area contributed by atoms with Crippen molar-refractivity contribution in [3.05, 3.63) is 211 Å². The molecule has 20 heteroatoms. The van der Waals surface area contributed by atoms with Crippen molar-refractivity contribution >= 4 is 53.3 Å². The summed E-state index contributed by atoms with van der Waals surface area (Å²) in [6, 6.07) is 56.4. The summed E-state index contributed by atoms with van der Waals surface area (Å²) in [5, 5.41) is 3.03. The van der Waals surface area contributed by atoms with Crippen LogP contribution >= 0.6 is 14.1 Å². The van der Waals surface area contributed by atoms with E-state index < -0.39 is 75.9 Å². The van der Waals surface area contributed by atoms with E-state index in [2.05, 4.69) is 0 Å². The molecule has 0 radical (unpaired) electrons. The van der Waals surface area contributed by atoms with Gasteiger partial charge in [-0.05, 0) is 12.8 Å². The topological polar surface area (TPSA) is 46.2 Å². The van der Waals surface area contributed by atoms with E-state index in [-0.39, 0.29) is 32.1 Å². The van der Waals surface area contributed by atoms with Crippen molar-refractivity contribution in [2.24, 2.45) is 0 Å². The van der Waals surface area contributed by atoms with Crippen molar-refractivity contribution in [3.8, 4) is 5.75 Å². The normalized spacial score (nSPS) is 13.3. The number of rotatable bonds is 50. The van der Waals surface area contributed by atoms with Gasteiger partial charge in [0.15, 0.2) is 0 Å². The molecule has 0 bridgehead atoms. The van der Waals surface area contributed by atoms with Crippen LogP contribution in [0, 0.1) is 0 Å². The van der Waals surface area contributed by atoms with Gasteiger partial charge in [0.05, 0.1) is 0 Å². The van der Waals surface area contributed by atoms with Crippen LogP contribution in [-0.2, 0) is 30.3 Å². The molecule has 5 nitrogen and oxygen atoms in total. The second-order valence-corrected chi connectivity index (χ2v) is 34.9. The van der Waals surface area contributed by atoms with E-state index in [1.165, 1.54) is 0 Å². The Morgan fingerprint density at radius 2 is 0.441 bits per heavy atom. The molecule has 0 N–H and O–H groups in total. The van der Waals surface area contributed by atoms with Crippen molar-refractivity contribution in [3.63, 3.8) is 0 Å². The summed E-state index contributed by atoms with van der Waals surface area (Å²) in [5.41, 5.74) is -3.21. The molecule has 7 rings (SSSR count). The molecule has 0 aliphatic heterocycles. The predicted molar refractivity (Wildman–Crippen MR) is 396 cm³/mol. The number of hydrogen-bond donors (Lipinski definition) is 0. The minimum atomic E-state index is -5.28. The average molecular weight is 1470 g/mol. The van der Waals surface area contributed by atoms with Gasteiger partial charge in [0, 0.05) is 12.8 Å². The van der Waals surface area contributed by atoms with E-state index >= 15 is 26.3 Å². The first kappa shape index (κ1) is 83.5. The van der Waals surface area contributed by atoms with E-state index in [1.807, 2.05) is 182 Å². The van der Waals surface area contributed by atoms with Gasteiger partial charge in [-0.3, -0.25) is 0 Å². The molecule has 0 unspecified atom stereocenters. The average Bonchev–Trinajstić information content (AvgIpc) is 0.688. The summed E-state index contributed by atoms with van der Waals surface area (Å²) >= 11 is 0. The van der Waals surface area contributed by atoms with E-state index in [4.69, 9.17) is 22.6 Å². The molecular weight excluding hydrogens is 1370 g/mol. The summed E-state index contributed by atoms with van der Waals surface area (Å²) in [4.78, 5) is 0. The minimum absolute atomic E-state index is 0.0594. The van der Waals surface area contributed by atoms with E-state index in [9.17, 15) is 26.3 Å². The maximum absolute atomic E-state index is 15.2. The van der Waals surface area contributed by atoms with Gasteiger partial charge in [0.2, 0.25) is 0 Å². The second kappa shape index (κ2) is 41.8. The van der Waals surface area contributed by atoms with Crippen molar-refractivity contribution in [1.29, 1.82) is 0 Å². The number of unbranched alkanes of at least 4 members (excludes halogenated alkanes) is 30. The van der Waals surface area contributed by atoms with Crippen LogP contribution in [0.15, 0.2) is 200 Å². The summed E-state index contributed by atoms with van der Waals surface area (Å²) in [7, 11) is -12.8. The number of alkyl halides is 12. The van der Waals surface area contributed by atoms with Crippen LogP contribution in [0.3, 0.4) is 0 Å². The molecule has 0 aromatic heterocycles. The van der Waals surface area contributed by atoms with Crippen LogP contribution in [0.2, 0.25) is 0 Å². The third-order valence-corrected chi connectivity index (χ3v) is 29.0. The number of halogens is 12. The molecular formula is C82H105BF12O5P2. The first-order valence-electron chi connectivity index (χ1n) is 37.2. The van der Waals surface area contributed by atoms with Gasteiger partial charge < -0.3 is 0 Å². The molecule has 7 aromatic rings. The Kier molecular flexibility index (Phi) is 34.3. The standard InChI is InChI=1S/C82H105BF12O5P2/c84-79(85,86)63-47-25-21-17-13-9-5-1-3-7-11-15-19-23-27-49-65-96-101(73-51-35-29-36-52-73,74-53-37-30-38-54-74,75-55-39-31-40-56-75)99-83(98-72-68-70(81(90,91)92)67-71(69-72)82(93,94)95)100-102(76-57-41-32-42-58-76,77-59-43-33-44-60-77,78-61-45-34-46-62-78)97-66-50-28-24-20-16-12-8-4-2-6-10-14-18-22-26-48-64-80(87,88)89/h29-46,51-62,67-69H,1-28,47-50,63-66H2. The summed E-state index contributed by atoms with van der Waals surface area (Å²) < 4.78 is 205. The Balaban J connectivity index is 1.21. The summed E-state index contributed by atoms with van der Waals surface area (Å²) in [6.45, 7) is 0.163. The zero-order valence-electron chi connectivity index (χ0n) is 59.1. The van der Waals surface area contributed by atoms with Gasteiger partial charge in [-0.1, -0.05) is 64.2 Å². The van der Waals surface area contributed by atoms with Crippen molar-refractivity contribution in [2.45, 2.75) is 243 Å². The van der Waals surface area contributed by atoms with Crippen LogP contribution in [0.5, 0.6) is 5.75 Å². The van der Waals surface area contributed by atoms with Crippen molar-refractivity contribution in [2.75, 3.05) is 13.2 Å². The molecule has 0 spiro atoms. The van der Waals surface area contributed by atoms with Gasteiger partial charge in [-0.15, -0.1) is 0 Å². The molecule has 560 valence electrons. The Bertz CT molecular complexity index is 2970. The van der Waals surface area contributed by atoms with Crippen LogP contribution < -0.4 is 36.5 Å². The molecule has 0 amide bonds. The van der Waals surface area contributed by atoms with Gasteiger partial charge >= 0.3 is 486 Å². The van der Waals surface area contributed by atoms with E-state index in [0.29, 0.717) is 69.6 Å². The van der Waals surface area contributed by atoms with E-state index in [1.54, 1.807) is 0 Å². The first-order valence-corrected chi connectivity index (χ1v) is 41.4. The summed E-state index contributed by atoms with van der Waals surface area (Å²) in [5.74, 6) is -0.845. The Morgan fingerprint density at radius 1 is 0.245 bits per heavy atom. The fourth-order valence-corrected chi connectivity index (χ4v) is 23.4. The van der Waals surface area contributed by atoms with Crippen LogP contribution in [0.1, 0.15) is 229 Å². The third-order valence-electron chi connectivity index (χ3n) is 19.1. The number of hydrogen-bond acceptors (Lipinski definition) is 5. The molecule has 0 fully saturated rings. The predicted octanol–water partition coefficient (Wildman–Crippen LogP) is 25.3. The Hall–Kier alpha value is -5.74. The first-order chi connectivity index (χ1) is 49.1. The molecule has 0 aliphatic carbocycles. The fourth-order valence-electron chi connectivity index (χ4n) is 13.7. The molecule has 0 aliphatic rings. The molecule has 0 heterocycles. The van der Waals surface area contributed by atoms with Crippen LogP contribution in [0.4, 0.5) is 52.7 Å². The van der Waals surface area contributed by atoms with Gasteiger partial charge in [-0.2, -0.15) is 26.3 Å². The third kappa shape index (κ3) is 25.2. The quantitative estimate of drug-likeness (QED) is 0.0165. The zero-order chi connectivity index (χ0) is 73.0. The van der Waals surface area contributed by atoms with Gasteiger partial charge in [0.1, 0.15) is 0 Å². The molecule has 0 saturated heterocycles. The molecule has 7 aromatic carbocycles. The van der Waals surface area contributed by atoms with Crippen molar-refractivity contribution in [1.82, 2.24) is 0 Å². The Labute approximate surface area is 599 Å². The zero-order valence-corrected chi connectivity index (χ0v) is 60.8.